The van der Waals surface area contributed by atoms with Crippen molar-refractivity contribution in [1.82, 2.24) is 10.3 Å². The Kier molecular flexibility index (Phi) is 7.54. The number of nitrogens with two attached hydrogens (primary N) is 1. The second-order valence-electron chi connectivity index (χ2n) is 8.87. The molecule has 0 unspecified atom stereocenters. The topological polar surface area (TPSA) is 125 Å². The number of pyridine rings is 1. The number of carbonyl (C=O) groups is 2. The zero-order valence-electron chi connectivity index (χ0n) is 19.6. The average molecular weight is 484 g/mol. The largest absolute Gasteiger partial charge is 0.573 e. The third kappa shape index (κ3) is 8.01. The van der Waals surface area contributed by atoms with Crippen LogP contribution in [0, 0.1) is 6.92 Å². The molecule has 0 fully saturated rings. The number of carbonyl (C=O) groups excluding carboxylic acids is 2. The molecule has 0 spiro atoms. The molecule has 0 atom stereocenters. The maximum Gasteiger partial charge on any atom is 0.573 e. The van der Waals surface area contributed by atoms with Crippen molar-refractivity contribution in [2.45, 2.75) is 59.0 Å². The SMILES string of the molecule is Cc1ccc(Oc2ccc(NC(=O)C(C)(C)NC(=O)OC(C)(C)C)c(N)n2)cc1OC(F)(F)F. The first kappa shape index (κ1) is 26.6. The van der Waals surface area contributed by atoms with Crippen molar-refractivity contribution in [1.29, 1.82) is 0 Å². The predicted octanol–water partition coefficient (Wildman–Crippen LogP) is 4.90. The molecule has 0 aliphatic carbocycles. The molecule has 34 heavy (non-hydrogen) atoms. The molecule has 1 aromatic heterocycles. The van der Waals surface area contributed by atoms with Gasteiger partial charge in [-0.15, -0.1) is 13.2 Å². The Bertz CT molecular complexity index is 1070. The van der Waals surface area contributed by atoms with E-state index in [1.54, 1.807) is 20.8 Å². The average Bonchev–Trinajstić information content (AvgIpc) is 2.63. The third-order valence-corrected chi connectivity index (χ3v) is 4.14. The van der Waals surface area contributed by atoms with Crippen LogP contribution in [0.25, 0.3) is 0 Å². The van der Waals surface area contributed by atoms with Crippen molar-refractivity contribution < 1.29 is 37.0 Å². The molecule has 186 valence electrons. The van der Waals surface area contributed by atoms with Crippen LogP contribution in [-0.2, 0) is 9.53 Å². The van der Waals surface area contributed by atoms with Crippen molar-refractivity contribution in [2.75, 3.05) is 11.1 Å². The summed E-state index contributed by atoms with van der Waals surface area (Å²) in [5.74, 6) is -1.10. The van der Waals surface area contributed by atoms with E-state index in [2.05, 4.69) is 20.4 Å². The monoisotopic (exact) mass is 484 g/mol. The van der Waals surface area contributed by atoms with Crippen LogP contribution in [0.2, 0.25) is 0 Å². The number of ether oxygens (including phenoxy) is 3. The van der Waals surface area contributed by atoms with Crippen LogP contribution in [0.4, 0.5) is 29.5 Å². The first-order chi connectivity index (χ1) is 15.4. The van der Waals surface area contributed by atoms with E-state index >= 15 is 0 Å². The van der Waals surface area contributed by atoms with Gasteiger partial charge in [0.25, 0.3) is 0 Å². The van der Waals surface area contributed by atoms with Gasteiger partial charge in [-0.2, -0.15) is 4.98 Å². The van der Waals surface area contributed by atoms with Crippen LogP contribution in [0.3, 0.4) is 0 Å². The highest BCUT2D eigenvalue weighted by Crippen LogP contribution is 2.32. The van der Waals surface area contributed by atoms with E-state index in [4.69, 9.17) is 15.2 Å². The Hall–Kier alpha value is -3.70. The van der Waals surface area contributed by atoms with Crippen molar-refractivity contribution in [3.8, 4) is 17.4 Å². The van der Waals surface area contributed by atoms with Crippen molar-refractivity contribution in [3.63, 3.8) is 0 Å². The fourth-order valence-electron chi connectivity index (χ4n) is 2.51. The van der Waals surface area contributed by atoms with Crippen molar-refractivity contribution in [3.05, 3.63) is 35.9 Å². The minimum Gasteiger partial charge on any atom is -0.444 e. The summed E-state index contributed by atoms with van der Waals surface area (Å²) in [7, 11) is 0. The summed E-state index contributed by atoms with van der Waals surface area (Å²) < 4.78 is 52.3. The zero-order valence-corrected chi connectivity index (χ0v) is 19.6. The normalized spacial score (nSPS) is 12.0. The van der Waals surface area contributed by atoms with E-state index in [9.17, 15) is 22.8 Å². The lowest BCUT2D eigenvalue weighted by atomic mass is 10.0. The lowest BCUT2D eigenvalue weighted by Gasteiger charge is -2.27. The number of amides is 2. The quantitative estimate of drug-likeness (QED) is 0.532. The molecule has 9 nitrogen and oxygen atoms in total. The number of anilines is 2. The summed E-state index contributed by atoms with van der Waals surface area (Å²) in [5, 5.41) is 5.03. The molecular formula is C22H27F3N4O5. The fourth-order valence-corrected chi connectivity index (χ4v) is 2.51. The molecule has 12 heteroatoms. The van der Waals surface area contributed by atoms with E-state index in [-0.39, 0.29) is 28.7 Å². The Labute approximate surface area is 194 Å². The van der Waals surface area contributed by atoms with Gasteiger partial charge < -0.3 is 30.6 Å². The van der Waals surface area contributed by atoms with E-state index in [1.165, 1.54) is 45.0 Å². The van der Waals surface area contributed by atoms with Crippen molar-refractivity contribution >= 4 is 23.5 Å². The highest BCUT2D eigenvalue weighted by Gasteiger charge is 2.33. The number of alkyl halides is 3. The summed E-state index contributed by atoms with van der Waals surface area (Å²) in [6.45, 7) is 9.48. The Morgan fingerprint density at radius 3 is 2.24 bits per heavy atom. The van der Waals surface area contributed by atoms with Crippen LogP contribution < -0.4 is 25.8 Å². The molecule has 0 aliphatic rings. The molecule has 4 N–H and O–H groups in total. The molecule has 2 aromatic rings. The second kappa shape index (κ2) is 9.65. The first-order valence-corrected chi connectivity index (χ1v) is 10.1. The smallest absolute Gasteiger partial charge is 0.444 e. The van der Waals surface area contributed by atoms with Crippen LogP contribution in [0.1, 0.15) is 40.2 Å². The second-order valence-corrected chi connectivity index (χ2v) is 8.87. The van der Waals surface area contributed by atoms with Crippen LogP contribution >= 0.6 is 0 Å². The lowest BCUT2D eigenvalue weighted by molar-refractivity contribution is -0.274. The highest BCUT2D eigenvalue weighted by atomic mass is 19.4. The highest BCUT2D eigenvalue weighted by molar-refractivity contribution is 6.00. The molecule has 0 bridgehead atoms. The lowest BCUT2D eigenvalue weighted by Crippen LogP contribution is -2.53. The summed E-state index contributed by atoms with van der Waals surface area (Å²) in [6.07, 6.45) is -5.62. The maximum atomic E-state index is 12.6. The Morgan fingerprint density at radius 2 is 1.68 bits per heavy atom. The van der Waals surface area contributed by atoms with E-state index in [1.807, 2.05) is 0 Å². The maximum absolute atomic E-state index is 12.6. The summed E-state index contributed by atoms with van der Waals surface area (Å²) in [6, 6.07) is 6.68. The molecule has 0 aliphatic heterocycles. The number of hydrogen-bond acceptors (Lipinski definition) is 7. The molecule has 2 amide bonds. The number of nitrogens with zero attached hydrogens (tertiary/aromatic N) is 1. The summed E-state index contributed by atoms with van der Waals surface area (Å²) in [5.41, 5.74) is 4.21. The van der Waals surface area contributed by atoms with Crippen LogP contribution in [0.5, 0.6) is 17.4 Å². The number of aromatic nitrogens is 1. The summed E-state index contributed by atoms with van der Waals surface area (Å²) >= 11 is 0. The van der Waals surface area contributed by atoms with Gasteiger partial charge in [0.15, 0.2) is 5.82 Å². The van der Waals surface area contributed by atoms with Gasteiger partial charge in [0.2, 0.25) is 11.8 Å². The Morgan fingerprint density at radius 1 is 1.03 bits per heavy atom. The predicted molar refractivity (Wildman–Crippen MR) is 119 cm³/mol. The molecule has 0 saturated heterocycles. The number of aryl methyl sites for hydroxylation is 1. The number of hydrogen-bond donors (Lipinski definition) is 3. The number of rotatable bonds is 6. The van der Waals surface area contributed by atoms with Gasteiger partial charge in [-0.1, -0.05) is 6.07 Å². The Balaban J connectivity index is 2.10. The van der Waals surface area contributed by atoms with E-state index in [0.29, 0.717) is 0 Å². The minimum absolute atomic E-state index is 0.0246. The number of alkyl carbamates (subject to hydrolysis) is 1. The van der Waals surface area contributed by atoms with Gasteiger partial charge in [-0.3, -0.25) is 4.79 Å². The first-order valence-electron chi connectivity index (χ1n) is 10.1. The molecular weight excluding hydrogens is 457 g/mol. The molecule has 0 saturated carbocycles. The number of nitrogens with one attached hydrogen (secondary N) is 2. The molecule has 0 radical (unpaired) electrons. The third-order valence-electron chi connectivity index (χ3n) is 4.14. The number of halogens is 3. The summed E-state index contributed by atoms with van der Waals surface area (Å²) in [4.78, 5) is 28.7. The minimum atomic E-state index is -4.85. The van der Waals surface area contributed by atoms with Gasteiger partial charge >= 0.3 is 12.5 Å². The van der Waals surface area contributed by atoms with Gasteiger partial charge in [-0.25, -0.2) is 4.79 Å². The van der Waals surface area contributed by atoms with Gasteiger partial charge in [0.05, 0.1) is 5.69 Å². The van der Waals surface area contributed by atoms with Gasteiger partial charge in [-0.05, 0) is 59.2 Å². The van der Waals surface area contributed by atoms with Crippen LogP contribution in [-0.4, -0.2) is 34.5 Å². The van der Waals surface area contributed by atoms with Crippen molar-refractivity contribution in [2.24, 2.45) is 0 Å². The fraction of sp³-hybridized carbons (Fsp3) is 0.409. The zero-order chi connectivity index (χ0) is 25.9. The van der Waals surface area contributed by atoms with Gasteiger partial charge in [0.1, 0.15) is 22.6 Å². The van der Waals surface area contributed by atoms with Gasteiger partial charge in [0, 0.05) is 12.1 Å². The standard InChI is InChI=1S/C22H27F3N4O5/c1-12-7-8-13(11-15(12)33-22(23,24)25)32-16-10-9-14(17(26)28-16)27-18(30)21(5,6)29-19(31)34-20(2,3)4/h7-11H,1-6H3,(H2,26,28)(H,27,30)(H,29,31). The van der Waals surface area contributed by atoms with Crippen LogP contribution in [0.15, 0.2) is 30.3 Å². The molecule has 1 heterocycles. The number of benzene rings is 1. The molecule has 2 rings (SSSR count). The molecule has 1 aromatic carbocycles. The van der Waals surface area contributed by atoms with E-state index in [0.717, 1.165) is 6.07 Å². The number of nitrogen functional groups attached to an aromatic ring is 1. The van der Waals surface area contributed by atoms with E-state index < -0.39 is 35.3 Å².